The molecule has 4 nitrogen and oxygen atoms in total. The van der Waals surface area contributed by atoms with Crippen molar-refractivity contribution in [2.75, 3.05) is 18.1 Å². The number of carbonyl (C=O) groups is 1. The Morgan fingerprint density at radius 1 is 1.17 bits per heavy atom. The van der Waals surface area contributed by atoms with Crippen LogP contribution < -0.4 is 4.90 Å². The molecule has 0 aliphatic heterocycles. The molecule has 1 amide bonds. The van der Waals surface area contributed by atoms with Crippen LogP contribution in [0.5, 0.6) is 0 Å². The second-order valence-electron chi connectivity index (χ2n) is 4.48. The predicted octanol–water partition coefficient (Wildman–Crippen LogP) is 4.09. The van der Waals surface area contributed by atoms with E-state index in [0.29, 0.717) is 10.2 Å². The van der Waals surface area contributed by atoms with Gasteiger partial charge in [-0.1, -0.05) is 18.2 Å². The molecule has 0 bridgehead atoms. The first-order valence-electron chi connectivity index (χ1n) is 6.51. The third kappa shape index (κ3) is 5.04. The molecular weight excluding hydrogens is 377 g/mol. The summed E-state index contributed by atoms with van der Waals surface area (Å²) in [5.74, 6) is -0.376. The molecule has 0 aliphatic rings. The molecule has 2 aromatic rings. The smallest absolute Gasteiger partial charge is 0.362 e. The van der Waals surface area contributed by atoms with Crippen LogP contribution in [0.15, 0.2) is 53.1 Å². The lowest BCUT2D eigenvalue weighted by Crippen LogP contribution is -2.32. The summed E-state index contributed by atoms with van der Waals surface area (Å²) in [6.07, 6.45) is -3.00. The molecule has 0 aliphatic carbocycles. The fourth-order valence-corrected chi connectivity index (χ4v) is 2.25. The summed E-state index contributed by atoms with van der Waals surface area (Å²) < 4.78 is 41.4. The number of hydrogen-bond acceptors (Lipinski definition) is 3. The Hall–Kier alpha value is -1.93. The van der Waals surface area contributed by atoms with Gasteiger partial charge in [0.05, 0.1) is 10.2 Å². The van der Waals surface area contributed by atoms with Crippen LogP contribution in [0.2, 0.25) is 0 Å². The number of halogens is 4. The molecule has 1 heterocycles. The molecule has 0 N–H and O–H groups in total. The molecule has 0 radical (unpaired) electrons. The van der Waals surface area contributed by atoms with E-state index < -0.39 is 25.3 Å². The maximum atomic E-state index is 12.4. The van der Waals surface area contributed by atoms with Gasteiger partial charge in [0.15, 0.2) is 5.82 Å². The molecule has 23 heavy (non-hydrogen) atoms. The van der Waals surface area contributed by atoms with E-state index >= 15 is 0 Å². The van der Waals surface area contributed by atoms with E-state index in [9.17, 15) is 18.0 Å². The van der Waals surface area contributed by atoms with Crippen LogP contribution in [-0.4, -0.2) is 30.3 Å². The normalized spacial score (nSPS) is 11.3. The summed E-state index contributed by atoms with van der Waals surface area (Å²) in [5.41, 5.74) is 0.479. The van der Waals surface area contributed by atoms with E-state index in [1.54, 1.807) is 42.5 Å². The van der Waals surface area contributed by atoms with E-state index in [0.717, 1.165) is 0 Å². The highest BCUT2D eigenvalue weighted by molar-refractivity contribution is 9.10. The Morgan fingerprint density at radius 2 is 1.87 bits per heavy atom. The Morgan fingerprint density at radius 3 is 2.48 bits per heavy atom. The van der Waals surface area contributed by atoms with Crippen molar-refractivity contribution in [3.05, 3.63) is 53.1 Å². The molecule has 0 saturated carbocycles. The van der Waals surface area contributed by atoms with Crippen molar-refractivity contribution in [1.82, 2.24) is 4.98 Å². The lowest BCUT2D eigenvalue weighted by atomic mass is 10.2. The fourth-order valence-electron chi connectivity index (χ4n) is 1.82. The van der Waals surface area contributed by atoms with Crippen LogP contribution >= 0.6 is 15.9 Å². The molecule has 1 aromatic heterocycles. The number of ether oxygens (including phenoxy) is 1. The maximum Gasteiger partial charge on any atom is 0.411 e. The molecule has 0 saturated heterocycles. The lowest BCUT2D eigenvalue weighted by molar-refractivity contribution is -0.175. The molecule has 0 spiro atoms. The minimum Gasteiger partial charge on any atom is -0.362 e. The number of para-hydroxylation sites is 1. The van der Waals surface area contributed by atoms with Gasteiger partial charge in [-0.25, -0.2) is 4.98 Å². The van der Waals surface area contributed by atoms with Crippen LogP contribution in [0, 0.1) is 0 Å². The quantitative estimate of drug-likeness (QED) is 0.774. The second kappa shape index (κ2) is 7.56. The van der Waals surface area contributed by atoms with E-state index in [2.05, 4.69) is 25.7 Å². The molecule has 0 fully saturated rings. The molecule has 1 aromatic carbocycles. The summed E-state index contributed by atoms with van der Waals surface area (Å²) in [4.78, 5) is 17.7. The van der Waals surface area contributed by atoms with Gasteiger partial charge in [-0.05, 0) is 40.2 Å². The molecule has 2 rings (SSSR count). The molecule has 0 atom stereocenters. The number of rotatable bonds is 5. The summed E-state index contributed by atoms with van der Waals surface area (Å²) in [6.45, 7) is -2.19. The third-order valence-electron chi connectivity index (χ3n) is 2.71. The van der Waals surface area contributed by atoms with Crippen molar-refractivity contribution in [2.45, 2.75) is 6.18 Å². The zero-order valence-corrected chi connectivity index (χ0v) is 13.3. The standard InChI is InChI=1S/C15H12BrF3N2O2/c16-12-7-4-8-20-14(12)21(11-5-2-1-3-6-11)13(22)9-23-10-15(17,18)19/h1-8H,9-10H2. The highest BCUT2D eigenvalue weighted by Crippen LogP contribution is 2.30. The van der Waals surface area contributed by atoms with Crippen molar-refractivity contribution in [1.29, 1.82) is 0 Å². The number of benzene rings is 1. The zero-order valence-electron chi connectivity index (χ0n) is 11.8. The summed E-state index contributed by atoms with van der Waals surface area (Å²) in [7, 11) is 0. The summed E-state index contributed by atoms with van der Waals surface area (Å²) >= 11 is 3.29. The molecule has 122 valence electrons. The van der Waals surface area contributed by atoms with Gasteiger partial charge < -0.3 is 4.74 Å². The van der Waals surface area contributed by atoms with Gasteiger partial charge in [0.2, 0.25) is 0 Å². The van der Waals surface area contributed by atoms with Crippen molar-refractivity contribution >= 4 is 33.3 Å². The summed E-state index contributed by atoms with van der Waals surface area (Å²) in [5, 5.41) is 0. The van der Waals surface area contributed by atoms with Crippen LogP contribution in [0.4, 0.5) is 24.7 Å². The average Bonchev–Trinajstić information content (AvgIpc) is 2.49. The van der Waals surface area contributed by atoms with Crippen molar-refractivity contribution < 1.29 is 22.7 Å². The van der Waals surface area contributed by atoms with Crippen LogP contribution in [0.25, 0.3) is 0 Å². The Balaban J connectivity index is 2.24. The monoisotopic (exact) mass is 388 g/mol. The van der Waals surface area contributed by atoms with Crippen molar-refractivity contribution in [2.24, 2.45) is 0 Å². The van der Waals surface area contributed by atoms with Crippen LogP contribution in [0.1, 0.15) is 0 Å². The van der Waals surface area contributed by atoms with Crippen LogP contribution in [-0.2, 0) is 9.53 Å². The van der Waals surface area contributed by atoms with Gasteiger partial charge in [-0.2, -0.15) is 13.2 Å². The Labute approximate surface area is 139 Å². The number of anilines is 2. The van der Waals surface area contributed by atoms with E-state index in [-0.39, 0.29) is 5.82 Å². The number of hydrogen-bond donors (Lipinski definition) is 0. The number of aromatic nitrogens is 1. The van der Waals surface area contributed by atoms with E-state index in [1.807, 2.05) is 0 Å². The van der Waals surface area contributed by atoms with E-state index in [1.165, 1.54) is 11.1 Å². The number of amides is 1. The first-order valence-corrected chi connectivity index (χ1v) is 7.31. The molecular formula is C15H12BrF3N2O2. The number of carbonyl (C=O) groups excluding carboxylic acids is 1. The topological polar surface area (TPSA) is 42.4 Å². The SMILES string of the molecule is O=C(COCC(F)(F)F)N(c1ccccc1)c1ncccc1Br. The van der Waals surface area contributed by atoms with Gasteiger partial charge in [-0.3, -0.25) is 9.69 Å². The Kier molecular flexibility index (Phi) is 5.73. The molecule has 8 heteroatoms. The predicted molar refractivity (Wildman–Crippen MR) is 82.4 cm³/mol. The minimum absolute atomic E-state index is 0.277. The van der Waals surface area contributed by atoms with Gasteiger partial charge in [0.1, 0.15) is 13.2 Å². The van der Waals surface area contributed by atoms with Gasteiger partial charge in [0.25, 0.3) is 5.91 Å². The van der Waals surface area contributed by atoms with Crippen molar-refractivity contribution in [3.8, 4) is 0 Å². The largest absolute Gasteiger partial charge is 0.411 e. The zero-order chi connectivity index (χ0) is 16.9. The highest BCUT2D eigenvalue weighted by Gasteiger charge is 2.29. The van der Waals surface area contributed by atoms with Gasteiger partial charge in [-0.15, -0.1) is 0 Å². The average molecular weight is 389 g/mol. The fraction of sp³-hybridized carbons (Fsp3) is 0.200. The van der Waals surface area contributed by atoms with Gasteiger partial charge in [0, 0.05) is 6.20 Å². The van der Waals surface area contributed by atoms with Gasteiger partial charge >= 0.3 is 6.18 Å². The number of pyridine rings is 1. The first-order chi connectivity index (χ1) is 10.9. The molecule has 0 unspecified atom stereocenters. The lowest BCUT2D eigenvalue weighted by Gasteiger charge is -2.23. The maximum absolute atomic E-state index is 12.4. The summed E-state index contributed by atoms with van der Waals surface area (Å²) in [6, 6.07) is 11.8. The van der Waals surface area contributed by atoms with E-state index in [4.69, 9.17) is 0 Å². The van der Waals surface area contributed by atoms with Crippen molar-refractivity contribution in [3.63, 3.8) is 0 Å². The first kappa shape index (κ1) is 17.4. The number of alkyl halides is 3. The third-order valence-corrected chi connectivity index (χ3v) is 3.32. The number of nitrogens with zero attached hydrogens (tertiary/aromatic N) is 2. The minimum atomic E-state index is -4.48. The van der Waals surface area contributed by atoms with Crippen LogP contribution in [0.3, 0.4) is 0 Å². The highest BCUT2D eigenvalue weighted by atomic mass is 79.9. The Bertz CT molecular complexity index is 665. The second-order valence-corrected chi connectivity index (χ2v) is 5.34.